The number of benzene rings is 10. The van der Waals surface area contributed by atoms with Crippen LogP contribution in [0.4, 0.5) is 0 Å². The van der Waals surface area contributed by atoms with Crippen LogP contribution in [0, 0.1) is 0 Å². The lowest BCUT2D eigenvalue weighted by molar-refractivity contribution is 1.14. The highest BCUT2D eigenvalue weighted by Gasteiger charge is 2.41. The van der Waals surface area contributed by atoms with Crippen molar-refractivity contribution < 1.29 is 0 Å². The summed E-state index contributed by atoms with van der Waals surface area (Å²) in [6.07, 6.45) is 0. The molecule has 0 spiro atoms. The lowest BCUT2D eigenvalue weighted by atomic mass is 9.34. The molecule has 0 amide bonds. The van der Waals surface area contributed by atoms with Gasteiger partial charge in [-0.15, -0.1) is 0 Å². The van der Waals surface area contributed by atoms with Gasteiger partial charge in [-0.2, -0.15) is 0 Å². The summed E-state index contributed by atoms with van der Waals surface area (Å²) in [6.45, 7) is -0.0174. The third kappa shape index (κ3) is 5.60. The molecule has 15 rings (SSSR count). The second kappa shape index (κ2) is 14.8. The Kier molecular flexibility index (Phi) is 8.16. The van der Waals surface area contributed by atoms with Crippen molar-refractivity contribution in [2.75, 3.05) is 0 Å². The SMILES string of the molecule is c1ccc(-c2cc(-c3ccccc3)c3c4cccc5c4n(c3c2)-c2cc(-c3cccc(-c4ccccc4)n3)cc3c2B5c2cccc4c5c(-c6ccccc6)cc(-c6ccccc6)cc5n-3c24)cc1. The molecule has 0 atom stereocenters. The van der Waals surface area contributed by atoms with Gasteiger partial charge in [0.1, 0.15) is 0 Å². The Morgan fingerprint density at radius 3 is 1.14 bits per heavy atom. The van der Waals surface area contributed by atoms with Crippen molar-refractivity contribution in [3.63, 3.8) is 0 Å². The highest BCUT2D eigenvalue weighted by Crippen LogP contribution is 2.46. The van der Waals surface area contributed by atoms with E-state index in [9.17, 15) is 0 Å². The summed E-state index contributed by atoms with van der Waals surface area (Å²) in [7, 11) is 0. The van der Waals surface area contributed by atoms with Crippen LogP contribution in [0.2, 0.25) is 0 Å². The molecule has 0 aliphatic carbocycles. The molecule has 13 aromatic rings. The minimum atomic E-state index is -0.0174. The van der Waals surface area contributed by atoms with Gasteiger partial charge >= 0.3 is 0 Å². The highest BCUT2D eigenvalue weighted by molar-refractivity contribution is 7.00. The van der Waals surface area contributed by atoms with E-state index in [4.69, 9.17) is 4.98 Å². The fraction of sp³-hybridized carbons (Fsp3) is 0. The van der Waals surface area contributed by atoms with Gasteiger partial charge < -0.3 is 9.13 Å². The summed E-state index contributed by atoms with van der Waals surface area (Å²) in [5, 5.41) is 5.06. The summed E-state index contributed by atoms with van der Waals surface area (Å²) >= 11 is 0. The molecule has 0 saturated heterocycles. The molecule has 4 heteroatoms. The number of rotatable bonds is 6. The monoisotopic (exact) mass is 873 g/mol. The zero-order chi connectivity index (χ0) is 45.2. The van der Waals surface area contributed by atoms with Gasteiger partial charge in [0.2, 0.25) is 0 Å². The molecule has 69 heavy (non-hydrogen) atoms. The van der Waals surface area contributed by atoms with Crippen molar-refractivity contribution in [3.8, 4) is 78.4 Å². The van der Waals surface area contributed by atoms with E-state index in [1.165, 1.54) is 116 Å². The number of hydrogen-bond acceptors (Lipinski definition) is 1. The number of fused-ring (bicyclic) bond motifs is 10. The number of aromatic nitrogens is 3. The first-order valence-corrected chi connectivity index (χ1v) is 23.9. The number of nitrogens with zero attached hydrogens (tertiary/aromatic N) is 3. The Labute approximate surface area is 399 Å². The largest absolute Gasteiger partial charge is 0.310 e. The van der Waals surface area contributed by atoms with E-state index in [2.05, 4.69) is 252 Å². The van der Waals surface area contributed by atoms with Crippen molar-refractivity contribution in [2.24, 2.45) is 0 Å². The van der Waals surface area contributed by atoms with Crippen LogP contribution < -0.4 is 16.4 Å². The van der Waals surface area contributed by atoms with Gasteiger partial charge in [0.25, 0.3) is 6.71 Å². The van der Waals surface area contributed by atoms with Gasteiger partial charge in [-0.3, -0.25) is 0 Å². The molecule has 0 fully saturated rings. The first-order valence-electron chi connectivity index (χ1n) is 23.9. The van der Waals surface area contributed by atoms with Crippen LogP contribution >= 0.6 is 0 Å². The first-order chi connectivity index (χ1) is 34.2. The van der Waals surface area contributed by atoms with Crippen LogP contribution in [0.3, 0.4) is 0 Å². The maximum Gasteiger partial charge on any atom is 0.252 e. The quantitative estimate of drug-likeness (QED) is 0.153. The molecule has 3 aromatic heterocycles. The Balaban J connectivity index is 1.12. The van der Waals surface area contributed by atoms with Crippen molar-refractivity contribution in [1.82, 2.24) is 14.1 Å². The summed E-state index contributed by atoms with van der Waals surface area (Å²) in [5.74, 6) is 0. The Morgan fingerprint density at radius 2 is 0.696 bits per heavy atom. The molecule has 2 aliphatic heterocycles. The van der Waals surface area contributed by atoms with Crippen molar-refractivity contribution in [2.45, 2.75) is 0 Å². The topological polar surface area (TPSA) is 22.8 Å². The minimum absolute atomic E-state index is 0.0174. The third-order valence-corrected chi connectivity index (χ3v) is 14.9. The van der Waals surface area contributed by atoms with Crippen LogP contribution in [0.15, 0.2) is 243 Å². The van der Waals surface area contributed by atoms with Crippen molar-refractivity contribution >= 4 is 66.7 Å². The Bertz CT molecular complexity index is 3980. The number of pyridine rings is 1. The zero-order valence-corrected chi connectivity index (χ0v) is 37.5. The van der Waals surface area contributed by atoms with Crippen LogP contribution in [0.1, 0.15) is 0 Å². The maximum atomic E-state index is 5.46. The number of hydrogen-bond donors (Lipinski definition) is 0. The molecule has 0 radical (unpaired) electrons. The van der Waals surface area contributed by atoms with Gasteiger partial charge in [-0.1, -0.05) is 194 Å². The molecule has 3 nitrogen and oxygen atoms in total. The highest BCUT2D eigenvalue weighted by atomic mass is 15.0. The van der Waals surface area contributed by atoms with Crippen LogP contribution in [0.25, 0.3) is 122 Å². The molecule has 5 heterocycles. The Morgan fingerprint density at radius 1 is 0.304 bits per heavy atom. The number of para-hydroxylation sites is 2. The molecule has 0 saturated carbocycles. The normalized spacial score (nSPS) is 12.3. The predicted octanol–water partition coefficient (Wildman–Crippen LogP) is 14.4. The standard InChI is InChI=1S/C65H40BN3/c1-6-19-41(20-7-1)46-35-51(43-23-10-3-11-24-43)61-49-29-16-31-53-64(49)68(57(61)37-46)59-39-48(56-34-18-33-55(67-56)45-27-14-5-15-28-45)40-60-63(59)66(53)54-32-17-30-50-62-52(44-25-12-4-13-26-44)36-47(42-21-8-2-9-22-42)38-58(62)69(60)65(50)54/h1-40H. The minimum Gasteiger partial charge on any atom is -0.310 e. The third-order valence-electron chi connectivity index (χ3n) is 14.9. The molecule has 318 valence electrons. The lowest BCUT2D eigenvalue weighted by Gasteiger charge is -2.34. The average molecular weight is 874 g/mol. The van der Waals surface area contributed by atoms with Gasteiger partial charge in [0.15, 0.2) is 0 Å². The second-order valence-electron chi connectivity index (χ2n) is 18.6. The molecular weight excluding hydrogens is 834 g/mol. The molecular formula is C65H40BN3. The first kappa shape index (κ1) is 38.2. The molecule has 2 aliphatic rings. The molecule has 10 aromatic carbocycles. The Hall–Kier alpha value is -8.99. The summed E-state index contributed by atoms with van der Waals surface area (Å²) < 4.78 is 5.22. The second-order valence-corrected chi connectivity index (χ2v) is 18.6. The van der Waals surface area contributed by atoms with E-state index in [-0.39, 0.29) is 6.71 Å². The fourth-order valence-electron chi connectivity index (χ4n) is 12.0. The van der Waals surface area contributed by atoms with Gasteiger partial charge in [-0.05, 0) is 109 Å². The van der Waals surface area contributed by atoms with Gasteiger partial charge in [0.05, 0.1) is 22.4 Å². The summed E-state index contributed by atoms with van der Waals surface area (Å²) in [4.78, 5) is 5.46. The summed E-state index contributed by atoms with van der Waals surface area (Å²) in [5.41, 5.74) is 25.0. The average Bonchev–Trinajstić information content (AvgIpc) is 3.96. The lowest BCUT2D eigenvalue weighted by Crippen LogP contribution is -2.59. The van der Waals surface area contributed by atoms with Gasteiger partial charge in [-0.25, -0.2) is 4.98 Å². The molecule has 0 N–H and O–H groups in total. The zero-order valence-electron chi connectivity index (χ0n) is 37.5. The van der Waals surface area contributed by atoms with Crippen LogP contribution in [-0.4, -0.2) is 20.8 Å². The van der Waals surface area contributed by atoms with E-state index >= 15 is 0 Å². The van der Waals surface area contributed by atoms with E-state index in [1.807, 2.05) is 0 Å². The van der Waals surface area contributed by atoms with E-state index in [0.717, 1.165) is 22.5 Å². The van der Waals surface area contributed by atoms with E-state index in [0.29, 0.717) is 0 Å². The molecule has 0 unspecified atom stereocenters. The van der Waals surface area contributed by atoms with Crippen molar-refractivity contribution in [1.29, 1.82) is 0 Å². The van der Waals surface area contributed by atoms with E-state index in [1.54, 1.807) is 0 Å². The van der Waals surface area contributed by atoms with Crippen molar-refractivity contribution in [3.05, 3.63) is 243 Å². The van der Waals surface area contributed by atoms with Gasteiger partial charge in [0, 0.05) is 55.1 Å². The van der Waals surface area contributed by atoms with Crippen LogP contribution in [0.5, 0.6) is 0 Å². The molecule has 0 bridgehead atoms. The fourth-order valence-corrected chi connectivity index (χ4v) is 12.0. The summed E-state index contributed by atoms with van der Waals surface area (Å²) in [6, 6.07) is 89.3. The smallest absolute Gasteiger partial charge is 0.252 e. The van der Waals surface area contributed by atoms with E-state index < -0.39 is 0 Å². The van der Waals surface area contributed by atoms with Crippen LogP contribution in [-0.2, 0) is 0 Å². The predicted molar refractivity (Wildman–Crippen MR) is 290 cm³/mol. The maximum absolute atomic E-state index is 5.46.